The van der Waals surface area contributed by atoms with Crippen LogP contribution in [0.1, 0.15) is 79.0 Å². The van der Waals surface area contributed by atoms with Crippen molar-refractivity contribution in [1.82, 2.24) is 20.2 Å². The molecule has 0 bridgehead atoms. The molecule has 0 radical (unpaired) electrons. The van der Waals surface area contributed by atoms with Crippen LogP contribution in [-0.2, 0) is 16.0 Å². The van der Waals surface area contributed by atoms with Crippen LogP contribution in [0.5, 0.6) is 0 Å². The van der Waals surface area contributed by atoms with Crippen LogP contribution in [0.3, 0.4) is 0 Å². The lowest BCUT2D eigenvalue weighted by atomic mass is 9.99. The van der Waals surface area contributed by atoms with Crippen LogP contribution in [0.25, 0.3) is 0 Å². The number of anilines is 2. The first-order valence-corrected chi connectivity index (χ1v) is 17.2. The number of carbonyl (C=O) groups is 1. The van der Waals surface area contributed by atoms with Crippen molar-refractivity contribution in [2.75, 3.05) is 75.7 Å². The Morgan fingerprint density at radius 2 is 1.81 bits per heavy atom. The summed E-state index contributed by atoms with van der Waals surface area (Å²) in [5.41, 5.74) is 6.60. The molecular weight excluding hydrogens is 626 g/mol. The Balaban J connectivity index is 0.00000151. The molecule has 2 saturated heterocycles. The number of carbonyl (C=O) groups excluding carboxylic acids is 1. The van der Waals surface area contributed by atoms with E-state index in [1.165, 1.54) is 6.08 Å². The highest BCUT2D eigenvalue weighted by Gasteiger charge is 2.36. The van der Waals surface area contributed by atoms with Gasteiger partial charge in [-0.2, -0.15) is 5.10 Å². The fourth-order valence-corrected chi connectivity index (χ4v) is 6.13. The molecule has 0 spiro atoms. The molecule has 9 nitrogen and oxygen atoms in total. The van der Waals surface area contributed by atoms with Crippen molar-refractivity contribution in [1.29, 1.82) is 0 Å². The number of halogens is 4. The normalized spacial score (nSPS) is 21.1. The molecule has 1 aromatic heterocycles. The molecule has 13 heteroatoms. The third-order valence-electron chi connectivity index (χ3n) is 8.88. The summed E-state index contributed by atoms with van der Waals surface area (Å²) in [4.78, 5) is 25.2. The summed E-state index contributed by atoms with van der Waals surface area (Å²) in [5.74, 6) is 0.561. The van der Waals surface area contributed by atoms with Crippen LogP contribution in [-0.4, -0.2) is 111 Å². The van der Waals surface area contributed by atoms with Crippen LogP contribution >= 0.6 is 0 Å². The van der Waals surface area contributed by atoms with E-state index in [0.29, 0.717) is 63.1 Å². The number of amides is 1. The van der Waals surface area contributed by atoms with E-state index >= 15 is 0 Å². The predicted octanol–water partition coefficient (Wildman–Crippen LogP) is 6.32. The number of rotatable bonds is 11. The number of hydrogen-bond donors (Lipinski definition) is 1. The summed E-state index contributed by atoms with van der Waals surface area (Å²) in [5, 5.41) is 4.23. The minimum absolute atomic E-state index is 0.0265. The van der Waals surface area contributed by atoms with Crippen LogP contribution in [0, 0.1) is 0 Å². The number of hydrazone groups is 1. The van der Waals surface area contributed by atoms with Gasteiger partial charge in [0.15, 0.2) is 0 Å². The molecule has 1 N–H and O–H groups in total. The van der Waals surface area contributed by atoms with E-state index in [4.69, 9.17) is 4.74 Å². The highest BCUT2D eigenvalue weighted by Crippen LogP contribution is 2.37. The maximum absolute atomic E-state index is 14.6. The fourth-order valence-electron chi connectivity index (χ4n) is 6.13. The second-order valence-electron chi connectivity index (χ2n) is 12.1. The number of alkyl halides is 4. The molecule has 0 aromatic carbocycles. The zero-order valence-electron chi connectivity index (χ0n) is 30.0. The van der Waals surface area contributed by atoms with E-state index in [9.17, 15) is 22.4 Å². The summed E-state index contributed by atoms with van der Waals surface area (Å²) in [7, 11) is 0. The number of allylic oxidation sites excluding steroid dienone is 1. The summed E-state index contributed by atoms with van der Waals surface area (Å²) in [6.07, 6.45) is 2.48. The third-order valence-corrected chi connectivity index (χ3v) is 8.88. The zero-order chi connectivity index (χ0) is 35.8. The van der Waals surface area contributed by atoms with Crippen molar-refractivity contribution in [2.45, 2.75) is 92.3 Å². The van der Waals surface area contributed by atoms with Gasteiger partial charge in [0.2, 0.25) is 12.8 Å². The standard InChI is InChI=1S/C32H49F2N7O2.C2H6.CH2F2/c1-7-9-26-27(40-20-25(21-40)38-13-15-39(16-14-38)30(42)8-2)18-29(37-31(26)32(33)34)41(22(3)4)12-10-28-24(6)23(5)19-36-35-11-17-43-28;1-2;2-1-3/h8,18-19,22,25,28,32,35H,2,7,9-17,20-21H2,1,3-6H3;1-2H3;1H2/b24-23+,36-19-;;. The topological polar surface area (TPSA) is 76.5 Å². The van der Waals surface area contributed by atoms with Crippen LogP contribution < -0.4 is 15.2 Å². The van der Waals surface area contributed by atoms with E-state index in [2.05, 4.69) is 57.6 Å². The largest absolute Gasteiger partial charge is 0.372 e. The predicted molar refractivity (Wildman–Crippen MR) is 188 cm³/mol. The Kier molecular flexibility index (Phi) is 17.9. The van der Waals surface area contributed by atoms with Gasteiger partial charge in [-0.1, -0.05) is 33.8 Å². The van der Waals surface area contributed by atoms with Crippen molar-refractivity contribution >= 4 is 23.6 Å². The first kappa shape index (κ1) is 41.0. The molecule has 1 unspecified atom stereocenters. The molecule has 3 aliphatic heterocycles. The van der Waals surface area contributed by atoms with Crippen LogP contribution in [0.15, 0.2) is 35.0 Å². The molecule has 4 heterocycles. The lowest BCUT2D eigenvalue weighted by molar-refractivity contribution is -0.128. The Labute approximate surface area is 285 Å². The van der Waals surface area contributed by atoms with Gasteiger partial charge in [-0.25, -0.2) is 22.5 Å². The Morgan fingerprint density at radius 1 is 1.17 bits per heavy atom. The number of nitrogens with one attached hydrogen (secondary N) is 1. The van der Waals surface area contributed by atoms with Crippen molar-refractivity contribution in [3.63, 3.8) is 0 Å². The van der Waals surface area contributed by atoms with E-state index < -0.39 is 13.4 Å². The number of ether oxygens (including phenoxy) is 1. The molecule has 0 saturated carbocycles. The van der Waals surface area contributed by atoms with Crippen LogP contribution in [0.4, 0.5) is 29.1 Å². The van der Waals surface area contributed by atoms with Crippen molar-refractivity contribution in [3.8, 4) is 0 Å². The molecule has 3 aliphatic rings. The molecule has 272 valence electrons. The molecule has 1 atom stereocenters. The number of hydrogen-bond acceptors (Lipinski definition) is 8. The van der Waals surface area contributed by atoms with E-state index in [1.54, 1.807) is 0 Å². The summed E-state index contributed by atoms with van der Waals surface area (Å²) in [6, 6.07) is 2.42. The maximum atomic E-state index is 14.6. The second kappa shape index (κ2) is 21.0. The highest BCUT2D eigenvalue weighted by molar-refractivity contribution is 5.87. The number of nitrogens with zero attached hydrogens (tertiary/aromatic N) is 6. The third kappa shape index (κ3) is 11.2. The van der Waals surface area contributed by atoms with E-state index in [1.807, 2.05) is 44.9 Å². The molecule has 1 aromatic rings. The Hall–Kier alpha value is -3.19. The summed E-state index contributed by atoms with van der Waals surface area (Å²) in [6.45, 7) is 22.4. The van der Waals surface area contributed by atoms with Gasteiger partial charge in [0, 0.05) is 81.4 Å². The van der Waals surface area contributed by atoms with Crippen molar-refractivity contribution in [2.24, 2.45) is 5.10 Å². The fraction of sp³-hybridized carbons (Fsp3) is 0.686. The van der Waals surface area contributed by atoms with Gasteiger partial charge in [-0.15, -0.1) is 0 Å². The second-order valence-corrected chi connectivity index (χ2v) is 12.1. The van der Waals surface area contributed by atoms with Gasteiger partial charge >= 0.3 is 0 Å². The lowest BCUT2D eigenvalue weighted by Gasteiger charge is -2.49. The van der Waals surface area contributed by atoms with Crippen molar-refractivity contribution in [3.05, 3.63) is 41.1 Å². The van der Waals surface area contributed by atoms with Gasteiger partial charge in [0.05, 0.1) is 19.3 Å². The Morgan fingerprint density at radius 3 is 2.38 bits per heavy atom. The van der Waals surface area contributed by atoms with Gasteiger partial charge in [0.25, 0.3) is 6.43 Å². The van der Waals surface area contributed by atoms with Gasteiger partial charge in [-0.05, 0) is 57.8 Å². The van der Waals surface area contributed by atoms with Gasteiger partial charge in [0.1, 0.15) is 11.5 Å². The van der Waals surface area contributed by atoms with Gasteiger partial charge < -0.3 is 24.9 Å². The molecular formula is C35H57F4N7O2. The average Bonchev–Trinajstić information content (AvgIpc) is 3.13. The van der Waals surface area contributed by atoms with Gasteiger partial charge in [-0.3, -0.25) is 9.69 Å². The average molecular weight is 684 g/mol. The first-order chi connectivity index (χ1) is 23.1. The number of pyridine rings is 1. The van der Waals surface area contributed by atoms with E-state index in [0.717, 1.165) is 49.4 Å². The molecule has 2 fully saturated rings. The smallest absolute Gasteiger partial charge is 0.280 e. The molecule has 0 aliphatic carbocycles. The SMILES string of the molecule is C=CC(=O)N1CCN(C2CN(c3cc(N(CCC4OCCN/N=C\C(C)=C\4C)C(C)C)nc(C(F)F)c3CCC)C2)CC1.CC.FCF. The minimum atomic E-state index is -2.65. The van der Waals surface area contributed by atoms with Crippen molar-refractivity contribution < 1.29 is 27.1 Å². The number of piperazine rings is 1. The maximum Gasteiger partial charge on any atom is 0.280 e. The Bertz CT molecular complexity index is 1200. The minimum Gasteiger partial charge on any atom is -0.372 e. The monoisotopic (exact) mass is 683 g/mol. The summed E-state index contributed by atoms with van der Waals surface area (Å²) >= 11 is 0. The lowest BCUT2D eigenvalue weighted by Crippen LogP contribution is -2.63. The van der Waals surface area contributed by atoms with E-state index in [-0.39, 0.29) is 23.7 Å². The summed E-state index contributed by atoms with van der Waals surface area (Å²) < 4.78 is 54.6. The quantitative estimate of drug-likeness (QED) is 0.216. The molecule has 48 heavy (non-hydrogen) atoms. The van der Waals surface area contributed by atoms with Crippen LogP contribution in [0.2, 0.25) is 0 Å². The molecule has 4 rings (SSSR count). The number of aromatic nitrogens is 1. The first-order valence-electron chi connectivity index (χ1n) is 17.2. The zero-order valence-corrected chi connectivity index (χ0v) is 30.0. The molecule has 1 amide bonds. The highest BCUT2D eigenvalue weighted by atomic mass is 19.3.